The van der Waals surface area contributed by atoms with Crippen LogP contribution in [0.2, 0.25) is 0 Å². The molecule has 1 heterocycles. The number of halogens is 4. The van der Waals surface area contributed by atoms with Crippen molar-refractivity contribution in [2.24, 2.45) is 0 Å². The van der Waals surface area contributed by atoms with Crippen LogP contribution in [-0.2, 0) is 4.74 Å². The Kier molecular flexibility index (Phi) is 1.99. The van der Waals surface area contributed by atoms with Gasteiger partial charge in [0.05, 0.1) is 12.2 Å². The molecule has 14 heavy (non-hydrogen) atoms. The van der Waals surface area contributed by atoms with E-state index in [1.165, 1.54) is 0 Å². The van der Waals surface area contributed by atoms with Gasteiger partial charge in [0.25, 0.3) is 0 Å². The molecule has 1 nitrogen and oxygen atoms in total. The van der Waals surface area contributed by atoms with Crippen LogP contribution in [0.15, 0.2) is 0 Å². The first-order valence-electron chi connectivity index (χ1n) is 3.98. The fourth-order valence-corrected chi connectivity index (χ4v) is 1.26. The second-order valence-electron chi connectivity index (χ2n) is 3.12. The summed E-state index contributed by atoms with van der Waals surface area (Å²) in [5.41, 5.74) is -1.30. The van der Waals surface area contributed by atoms with E-state index in [1.54, 1.807) is 0 Å². The third kappa shape index (κ3) is 1.19. The van der Waals surface area contributed by atoms with Crippen LogP contribution in [0.3, 0.4) is 0 Å². The van der Waals surface area contributed by atoms with Gasteiger partial charge in [-0.3, -0.25) is 0 Å². The van der Waals surface area contributed by atoms with Gasteiger partial charge in [0.15, 0.2) is 23.3 Å². The van der Waals surface area contributed by atoms with Gasteiger partial charge < -0.3 is 4.74 Å². The first-order chi connectivity index (χ1) is 6.54. The Hall–Kier alpha value is -1.10. The lowest BCUT2D eigenvalue weighted by atomic mass is 10.1. The Morgan fingerprint density at radius 1 is 1.00 bits per heavy atom. The SMILES string of the molecule is Cc1c(F)c(F)c(C2CO2)c(F)c1F. The lowest BCUT2D eigenvalue weighted by Crippen LogP contribution is -2.05. The molecule has 1 aliphatic rings. The molecular formula is C9H6F4O. The van der Waals surface area contributed by atoms with Crippen molar-refractivity contribution < 1.29 is 22.3 Å². The average Bonchev–Trinajstić information content (AvgIpc) is 2.96. The van der Waals surface area contributed by atoms with E-state index in [2.05, 4.69) is 4.74 Å². The predicted octanol–water partition coefficient (Wildman–Crippen LogP) is 2.62. The maximum absolute atomic E-state index is 13.1. The third-order valence-corrected chi connectivity index (χ3v) is 2.17. The summed E-state index contributed by atoms with van der Waals surface area (Å²) < 4.78 is 56.8. The smallest absolute Gasteiger partial charge is 0.168 e. The largest absolute Gasteiger partial charge is 0.368 e. The summed E-state index contributed by atoms with van der Waals surface area (Å²) in [6, 6.07) is 0. The van der Waals surface area contributed by atoms with Crippen LogP contribution in [-0.4, -0.2) is 6.61 Å². The van der Waals surface area contributed by atoms with Crippen LogP contribution in [0.1, 0.15) is 17.2 Å². The molecule has 1 unspecified atom stereocenters. The van der Waals surface area contributed by atoms with Crippen molar-refractivity contribution >= 4 is 0 Å². The van der Waals surface area contributed by atoms with Crippen LogP contribution in [0.4, 0.5) is 17.6 Å². The number of epoxide rings is 1. The Labute approximate surface area is 77.3 Å². The number of hydrogen-bond acceptors (Lipinski definition) is 1. The number of benzene rings is 1. The van der Waals surface area contributed by atoms with Gasteiger partial charge >= 0.3 is 0 Å². The summed E-state index contributed by atoms with van der Waals surface area (Å²) >= 11 is 0. The highest BCUT2D eigenvalue weighted by atomic mass is 19.2. The summed E-state index contributed by atoms with van der Waals surface area (Å²) in [4.78, 5) is 0. The zero-order valence-electron chi connectivity index (χ0n) is 7.20. The van der Waals surface area contributed by atoms with Crippen LogP contribution in [0, 0.1) is 30.2 Å². The first-order valence-corrected chi connectivity index (χ1v) is 3.98. The highest BCUT2D eigenvalue weighted by molar-refractivity contribution is 5.31. The fraction of sp³-hybridized carbons (Fsp3) is 0.333. The summed E-state index contributed by atoms with van der Waals surface area (Å²) in [6.45, 7) is 1.07. The van der Waals surface area contributed by atoms with E-state index in [0.29, 0.717) is 0 Å². The first kappa shape index (κ1) is 9.45. The molecule has 0 aliphatic carbocycles. The van der Waals surface area contributed by atoms with Gasteiger partial charge in [-0.25, -0.2) is 17.6 Å². The van der Waals surface area contributed by atoms with Crippen molar-refractivity contribution in [2.75, 3.05) is 6.61 Å². The maximum Gasteiger partial charge on any atom is 0.168 e. The highest BCUT2D eigenvalue weighted by Gasteiger charge is 2.35. The van der Waals surface area contributed by atoms with Gasteiger partial charge in [-0.2, -0.15) is 0 Å². The molecule has 1 aromatic rings. The van der Waals surface area contributed by atoms with Crippen molar-refractivity contribution in [1.82, 2.24) is 0 Å². The Morgan fingerprint density at radius 2 is 1.43 bits per heavy atom. The normalized spacial score (nSPS) is 19.9. The van der Waals surface area contributed by atoms with E-state index in [4.69, 9.17) is 0 Å². The summed E-state index contributed by atoms with van der Waals surface area (Å²) in [7, 11) is 0. The van der Waals surface area contributed by atoms with E-state index < -0.39 is 40.5 Å². The molecule has 5 heteroatoms. The number of rotatable bonds is 1. The van der Waals surface area contributed by atoms with Gasteiger partial charge in [-0.1, -0.05) is 0 Å². The zero-order chi connectivity index (χ0) is 10.5. The van der Waals surface area contributed by atoms with Gasteiger partial charge in [-0.15, -0.1) is 0 Å². The third-order valence-electron chi connectivity index (χ3n) is 2.17. The van der Waals surface area contributed by atoms with E-state index in [0.717, 1.165) is 6.92 Å². The summed E-state index contributed by atoms with van der Waals surface area (Å²) in [6.07, 6.45) is -0.848. The molecule has 1 saturated heterocycles. The van der Waals surface area contributed by atoms with Crippen molar-refractivity contribution in [1.29, 1.82) is 0 Å². The topological polar surface area (TPSA) is 12.5 Å². The molecule has 0 N–H and O–H groups in total. The average molecular weight is 206 g/mol. The van der Waals surface area contributed by atoms with Gasteiger partial charge in [0, 0.05) is 5.56 Å². The van der Waals surface area contributed by atoms with E-state index in [9.17, 15) is 17.6 Å². The maximum atomic E-state index is 13.1. The van der Waals surface area contributed by atoms with E-state index in [-0.39, 0.29) is 6.61 Å². The monoisotopic (exact) mass is 206 g/mol. The quantitative estimate of drug-likeness (QED) is 0.391. The fourth-order valence-electron chi connectivity index (χ4n) is 1.26. The lowest BCUT2D eigenvalue weighted by Gasteiger charge is -2.06. The number of hydrogen-bond donors (Lipinski definition) is 0. The minimum atomic E-state index is -1.36. The van der Waals surface area contributed by atoms with Gasteiger partial charge in [0.1, 0.15) is 6.10 Å². The molecule has 2 rings (SSSR count). The molecule has 1 fully saturated rings. The Morgan fingerprint density at radius 3 is 1.79 bits per heavy atom. The van der Waals surface area contributed by atoms with Crippen LogP contribution < -0.4 is 0 Å². The van der Waals surface area contributed by atoms with Crippen molar-refractivity contribution in [2.45, 2.75) is 13.0 Å². The summed E-state index contributed by atoms with van der Waals surface area (Å²) in [5.74, 6) is -5.42. The Balaban J connectivity index is 2.69. The number of ether oxygens (including phenoxy) is 1. The van der Waals surface area contributed by atoms with E-state index >= 15 is 0 Å². The Bertz CT molecular complexity index is 369. The molecule has 0 bridgehead atoms. The second-order valence-corrected chi connectivity index (χ2v) is 3.12. The molecule has 0 saturated carbocycles. The molecule has 0 amide bonds. The van der Waals surface area contributed by atoms with Crippen molar-refractivity contribution in [3.63, 3.8) is 0 Å². The van der Waals surface area contributed by atoms with Crippen LogP contribution in [0.25, 0.3) is 0 Å². The summed E-state index contributed by atoms with van der Waals surface area (Å²) in [5, 5.41) is 0. The molecule has 1 atom stereocenters. The molecule has 0 radical (unpaired) electrons. The standard InChI is InChI=1S/C9H6F4O/c1-3-6(10)8(12)5(4-2-14-4)9(13)7(3)11/h4H,2H2,1H3. The molecule has 1 aliphatic heterocycles. The molecule has 1 aromatic carbocycles. The molecule has 0 aromatic heterocycles. The zero-order valence-corrected chi connectivity index (χ0v) is 7.20. The molecule has 76 valence electrons. The second kappa shape index (κ2) is 2.95. The van der Waals surface area contributed by atoms with E-state index in [1.807, 2.05) is 0 Å². The van der Waals surface area contributed by atoms with Crippen LogP contribution in [0.5, 0.6) is 0 Å². The van der Waals surface area contributed by atoms with Crippen molar-refractivity contribution in [3.8, 4) is 0 Å². The minimum absolute atomic E-state index is 0.0930. The lowest BCUT2D eigenvalue weighted by molar-refractivity contribution is 0.375. The van der Waals surface area contributed by atoms with Gasteiger partial charge in [0.2, 0.25) is 0 Å². The highest BCUT2D eigenvalue weighted by Crippen LogP contribution is 2.36. The predicted molar refractivity (Wildman–Crippen MR) is 39.7 cm³/mol. The molecule has 0 spiro atoms. The van der Waals surface area contributed by atoms with Gasteiger partial charge in [-0.05, 0) is 6.92 Å². The van der Waals surface area contributed by atoms with Crippen LogP contribution >= 0.6 is 0 Å². The molecular weight excluding hydrogens is 200 g/mol. The minimum Gasteiger partial charge on any atom is -0.368 e. The van der Waals surface area contributed by atoms with Crippen molar-refractivity contribution in [3.05, 3.63) is 34.4 Å².